The molecule has 0 spiro atoms. The first-order valence-corrected chi connectivity index (χ1v) is 9.95. The van der Waals surface area contributed by atoms with Gasteiger partial charge in [0.05, 0.1) is 36.8 Å². The largest absolute Gasteiger partial charge is 0.495 e. The summed E-state index contributed by atoms with van der Waals surface area (Å²) in [6.07, 6.45) is -3.83. The number of methoxy groups -OCH3 is 2. The summed E-state index contributed by atoms with van der Waals surface area (Å²) in [7, 11) is 2.74. The molecule has 0 aliphatic carbocycles. The fourth-order valence-corrected chi connectivity index (χ4v) is 3.47. The summed E-state index contributed by atoms with van der Waals surface area (Å²) in [4.78, 5) is 17.2. The molecule has 1 amide bonds. The number of nitrogens with zero attached hydrogens (tertiary/aromatic N) is 3. The van der Waals surface area contributed by atoms with E-state index in [2.05, 4.69) is 15.4 Å². The number of amides is 1. The number of ether oxygens (including phenoxy) is 2. The van der Waals surface area contributed by atoms with Gasteiger partial charge in [0, 0.05) is 17.7 Å². The second kappa shape index (κ2) is 8.82. The van der Waals surface area contributed by atoms with Gasteiger partial charge in [-0.1, -0.05) is 11.6 Å². The van der Waals surface area contributed by atoms with E-state index in [0.29, 0.717) is 4.52 Å². The smallest absolute Gasteiger partial charge is 0.433 e. The van der Waals surface area contributed by atoms with Crippen molar-refractivity contribution in [3.8, 4) is 22.8 Å². The SMILES string of the molecule is COc1cc(NC(=O)c2cnn3c(C(F)(F)F)cc(-c4ccc(F)cc4)nc23)c(OC)cc1Cl. The van der Waals surface area contributed by atoms with Crippen LogP contribution in [0.1, 0.15) is 16.1 Å². The van der Waals surface area contributed by atoms with Crippen LogP contribution < -0.4 is 14.8 Å². The van der Waals surface area contributed by atoms with Gasteiger partial charge in [-0.25, -0.2) is 13.9 Å². The van der Waals surface area contributed by atoms with Crippen LogP contribution in [-0.2, 0) is 6.18 Å². The van der Waals surface area contributed by atoms with Crippen LogP contribution in [0.25, 0.3) is 16.9 Å². The van der Waals surface area contributed by atoms with E-state index in [1.165, 1.54) is 38.5 Å². The number of halogens is 5. The zero-order valence-corrected chi connectivity index (χ0v) is 18.3. The Kier molecular flexibility index (Phi) is 6.05. The fourth-order valence-electron chi connectivity index (χ4n) is 3.24. The highest BCUT2D eigenvalue weighted by Gasteiger charge is 2.36. The van der Waals surface area contributed by atoms with E-state index in [1.807, 2.05) is 0 Å². The Morgan fingerprint density at radius 3 is 2.35 bits per heavy atom. The molecule has 0 radical (unpaired) electrons. The number of benzene rings is 2. The molecule has 4 rings (SSSR count). The summed E-state index contributed by atoms with van der Waals surface area (Å²) in [5, 5.41) is 6.51. The number of hydrogen-bond acceptors (Lipinski definition) is 5. The van der Waals surface area contributed by atoms with Gasteiger partial charge in [0.15, 0.2) is 11.3 Å². The van der Waals surface area contributed by atoms with Crippen molar-refractivity contribution in [2.45, 2.75) is 6.18 Å². The first-order chi connectivity index (χ1) is 16.1. The monoisotopic (exact) mass is 494 g/mol. The van der Waals surface area contributed by atoms with Crippen LogP contribution in [0.2, 0.25) is 5.02 Å². The van der Waals surface area contributed by atoms with Gasteiger partial charge >= 0.3 is 6.18 Å². The number of hydrogen-bond donors (Lipinski definition) is 1. The number of anilines is 1. The summed E-state index contributed by atoms with van der Waals surface area (Å²) < 4.78 is 65.5. The molecular formula is C22H15ClF4N4O3. The summed E-state index contributed by atoms with van der Waals surface area (Å²) in [6, 6.07) is 8.37. The van der Waals surface area contributed by atoms with Gasteiger partial charge < -0.3 is 14.8 Å². The Labute approximate surface area is 194 Å². The molecule has 0 atom stereocenters. The van der Waals surface area contributed by atoms with Crippen molar-refractivity contribution >= 4 is 28.8 Å². The molecule has 0 aliphatic heterocycles. The minimum absolute atomic E-state index is 0.111. The Hall–Kier alpha value is -3.86. The van der Waals surface area contributed by atoms with Crippen molar-refractivity contribution in [1.82, 2.24) is 14.6 Å². The molecule has 4 aromatic rings. The molecule has 2 aromatic heterocycles. The number of aromatic nitrogens is 3. The number of alkyl halides is 3. The number of rotatable bonds is 5. The van der Waals surface area contributed by atoms with Crippen LogP contribution in [0.15, 0.2) is 48.7 Å². The molecule has 0 saturated heterocycles. The van der Waals surface area contributed by atoms with E-state index in [1.54, 1.807) is 0 Å². The van der Waals surface area contributed by atoms with E-state index in [-0.39, 0.29) is 44.7 Å². The van der Waals surface area contributed by atoms with Crippen molar-refractivity contribution in [3.05, 3.63) is 70.8 Å². The summed E-state index contributed by atoms with van der Waals surface area (Å²) in [5.41, 5.74) is -1.44. The Morgan fingerprint density at radius 1 is 1.06 bits per heavy atom. The maximum absolute atomic E-state index is 13.8. The molecule has 0 aliphatic rings. The lowest BCUT2D eigenvalue weighted by molar-refractivity contribution is -0.142. The standard InChI is InChI=1S/C22H15ClF4N4O3/c1-33-17-8-16(18(34-2)7-14(17)23)30-21(32)13-10-28-31-19(22(25,26)27)9-15(29-20(13)31)11-3-5-12(24)6-4-11/h3-10H,1-2H3,(H,30,32). The van der Waals surface area contributed by atoms with E-state index in [0.717, 1.165) is 24.4 Å². The highest BCUT2D eigenvalue weighted by molar-refractivity contribution is 6.32. The van der Waals surface area contributed by atoms with Crippen LogP contribution >= 0.6 is 11.6 Å². The predicted molar refractivity (Wildman–Crippen MR) is 116 cm³/mol. The van der Waals surface area contributed by atoms with Gasteiger partial charge in [0.25, 0.3) is 5.91 Å². The maximum atomic E-state index is 13.8. The third-order valence-electron chi connectivity index (χ3n) is 4.87. The minimum Gasteiger partial charge on any atom is -0.495 e. The highest BCUT2D eigenvalue weighted by Crippen LogP contribution is 2.37. The fraction of sp³-hybridized carbons (Fsp3) is 0.136. The van der Waals surface area contributed by atoms with Crippen LogP contribution in [0.3, 0.4) is 0 Å². The number of carbonyl (C=O) groups excluding carboxylic acids is 1. The topological polar surface area (TPSA) is 77.8 Å². The van der Waals surface area contributed by atoms with Gasteiger partial charge in [0.2, 0.25) is 0 Å². The normalized spacial score (nSPS) is 11.5. The first-order valence-electron chi connectivity index (χ1n) is 9.57. The minimum atomic E-state index is -4.80. The van der Waals surface area contributed by atoms with Gasteiger partial charge in [-0.3, -0.25) is 4.79 Å². The molecular weight excluding hydrogens is 480 g/mol. The molecule has 2 aromatic carbocycles. The second-order valence-electron chi connectivity index (χ2n) is 6.97. The van der Waals surface area contributed by atoms with Crippen LogP contribution in [0.5, 0.6) is 11.5 Å². The zero-order chi connectivity index (χ0) is 24.6. The lowest BCUT2D eigenvalue weighted by Gasteiger charge is -2.13. The van der Waals surface area contributed by atoms with E-state index in [9.17, 15) is 22.4 Å². The maximum Gasteiger partial charge on any atom is 0.433 e. The summed E-state index contributed by atoms with van der Waals surface area (Å²) in [6.45, 7) is 0. The van der Waals surface area contributed by atoms with E-state index >= 15 is 0 Å². The van der Waals surface area contributed by atoms with E-state index in [4.69, 9.17) is 21.1 Å². The van der Waals surface area contributed by atoms with Gasteiger partial charge in [-0.15, -0.1) is 0 Å². The number of fused-ring (bicyclic) bond motifs is 1. The van der Waals surface area contributed by atoms with Gasteiger partial charge in [-0.05, 0) is 30.3 Å². The predicted octanol–water partition coefficient (Wildman–Crippen LogP) is 5.48. The average Bonchev–Trinajstić information content (AvgIpc) is 3.23. The molecule has 34 heavy (non-hydrogen) atoms. The van der Waals surface area contributed by atoms with Crippen LogP contribution in [-0.4, -0.2) is 34.7 Å². The number of carbonyl (C=O) groups is 1. The van der Waals surface area contributed by atoms with Crippen molar-refractivity contribution in [2.75, 3.05) is 19.5 Å². The van der Waals surface area contributed by atoms with Crippen molar-refractivity contribution in [2.24, 2.45) is 0 Å². The third-order valence-corrected chi connectivity index (χ3v) is 5.16. The lowest BCUT2D eigenvalue weighted by atomic mass is 10.1. The molecule has 7 nitrogen and oxygen atoms in total. The van der Waals surface area contributed by atoms with Crippen LogP contribution in [0.4, 0.5) is 23.2 Å². The lowest BCUT2D eigenvalue weighted by Crippen LogP contribution is -2.16. The molecule has 1 N–H and O–H groups in total. The quantitative estimate of drug-likeness (QED) is 0.372. The Balaban J connectivity index is 1.83. The molecule has 0 unspecified atom stereocenters. The average molecular weight is 495 g/mol. The molecule has 176 valence electrons. The summed E-state index contributed by atoms with van der Waals surface area (Å²) >= 11 is 6.07. The molecule has 0 fully saturated rings. The summed E-state index contributed by atoms with van der Waals surface area (Å²) in [5.74, 6) is -0.910. The zero-order valence-electron chi connectivity index (χ0n) is 17.6. The third kappa shape index (κ3) is 4.34. The van der Waals surface area contributed by atoms with Crippen molar-refractivity contribution in [3.63, 3.8) is 0 Å². The second-order valence-corrected chi connectivity index (χ2v) is 7.37. The van der Waals surface area contributed by atoms with Crippen molar-refractivity contribution in [1.29, 1.82) is 0 Å². The van der Waals surface area contributed by atoms with Crippen LogP contribution in [0, 0.1) is 5.82 Å². The number of nitrogens with one attached hydrogen (secondary N) is 1. The molecule has 2 heterocycles. The van der Waals surface area contributed by atoms with Crippen molar-refractivity contribution < 1.29 is 31.8 Å². The highest BCUT2D eigenvalue weighted by atomic mass is 35.5. The van der Waals surface area contributed by atoms with Gasteiger partial charge in [0.1, 0.15) is 22.9 Å². The Morgan fingerprint density at radius 2 is 1.74 bits per heavy atom. The molecule has 0 saturated carbocycles. The Bertz CT molecular complexity index is 1390. The van der Waals surface area contributed by atoms with E-state index < -0.39 is 23.6 Å². The molecule has 12 heteroatoms. The van der Waals surface area contributed by atoms with Gasteiger partial charge in [-0.2, -0.15) is 18.3 Å². The first kappa shape index (κ1) is 23.3. The molecule has 0 bridgehead atoms.